The maximum atomic E-state index is 12.1. The van der Waals surface area contributed by atoms with E-state index in [1.165, 1.54) is 11.6 Å². The molecule has 6 nitrogen and oxygen atoms in total. The van der Waals surface area contributed by atoms with Crippen LogP contribution in [0, 0.1) is 6.67 Å². The van der Waals surface area contributed by atoms with Crippen molar-refractivity contribution in [2.75, 3.05) is 23.4 Å². The van der Waals surface area contributed by atoms with Gasteiger partial charge in [0.2, 0.25) is 6.67 Å². The molecule has 2 heterocycles. The lowest BCUT2D eigenvalue weighted by Crippen LogP contribution is -2.39. The molecule has 0 saturated heterocycles. The smallest absolute Gasteiger partial charge is 0.332 e. The standard InChI is InChI=1S/C12H16N4O2/c1-5-6-7-16-8-13(2)9-10(16)14(3)12(18)15(4)11(9)17/h5-6H,7H2,1-4H3/b6-5+. The minimum atomic E-state index is -0.332. The van der Waals surface area contributed by atoms with Crippen molar-refractivity contribution < 1.29 is 0 Å². The van der Waals surface area contributed by atoms with Crippen molar-refractivity contribution in [3.05, 3.63) is 39.7 Å². The molecule has 0 fully saturated rings. The number of anilines is 2. The summed E-state index contributed by atoms with van der Waals surface area (Å²) in [5, 5.41) is 0. The number of aromatic nitrogens is 2. The van der Waals surface area contributed by atoms with E-state index in [4.69, 9.17) is 0 Å². The monoisotopic (exact) mass is 248 g/mol. The van der Waals surface area contributed by atoms with E-state index in [1.807, 2.05) is 19.1 Å². The summed E-state index contributed by atoms with van der Waals surface area (Å²) in [5.74, 6) is 0.587. The Hall–Kier alpha value is -1.98. The zero-order chi connectivity index (χ0) is 13.4. The quantitative estimate of drug-likeness (QED) is 0.687. The predicted octanol–water partition coefficient (Wildman–Crippen LogP) is -0.0874. The normalized spacial score (nSPS) is 14.7. The Bertz CT molecular complexity index is 612. The largest absolute Gasteiger partial charge is 0.337 e. The van der Waals surface area contributed by atoms with Crippen molar-refractivity contribution in [3.63, 3.8) is 0 Å². The number of allylic oxidation sites excluding steroid dienone is 1. The Morgan fingerprint density at radius 1 is 1.17 bits per heavy atom. The van der Waals surface area contributed by atoms with Crippen LogP contribution in [-0.2, 0) is 14.1 Å². The first-order valence-electron chi connectivity index (χ1n) is 5.67. The molecule has 2 rings (SSSR count). The van der Waals surface area contributed by atoms with Crippen LogP contribution in [0.2, 0.25) is 0 Å². The fourth-order valence-corrected chi connectivity index (χ4v) is 2.03. The molecule has 0 amide bonds. The highest BCUT2D eigenvalue weighted by Gasteiger charge is 2.31. The highest BCUT2D eigenvalue weighted by Crippen LogP contribution is 2.31. The van der Waals surface area contributed by atoms with Crippen LogP contribution in [-0.4, -0.2) is 22.7 Å². The number of hydrogen-bond acceptors (Lipinski definition) is 4. The lowest BCUT2D eigenvalue weighted by atomic mass is 10.4. The molecule has 1 aliphatic heterocycles. The summed E-state index contributed by atoms with van der Waals surface area (Å²) in [4.78, 5) is 27.4. The first-order chi connectivity index (χ1) is 8.49. The molecular weight excluding hydrogens is 232 g/mol. The van der Waals surface area contributed by atoms with Crippen LogP contribution in [0.5, 0.6) is 0 Å². The van der Waals surface area contributed by atoms with Crippen LogP contribution in [0.1, 0.15) is 6.92 Å². The van der Waals surface area contributed by atoms with Gasteiger partial charge >= 0.3 is 5.69 Å². The number of nitrogens with zero attached hydrogens (tertiary/aromatic N) is 4. The van der Waals surface area contributed by atoms with Gasteiger partial charge in [0.15, 0.2) is 0 Å². The van der Waals surface area contributed by atoms with Crippen molar-refractivity contribution in [2.24, 2.45) is 14.1 Å². The topological polar surface area (TPSA) is 50.5 Å². The van der Waals surface area contributed by atoms with Gasteiger partial charge in [-0.3, -0.25) is 13.9 Å². The van der Waals surface area contributed by atoms with E-state index in [1.54, 1.807) is 23.9 Å². The van der Waals surface area contributed by atoms with Crippen molar-refractivity contribution in [1.29, 1.82) is 0 Å². The van der Waals surface area contributed by atoms with E-state index in [2.05, 4.69) is 6.67 Å². The minimum Gasteiger partial charge on any atom is -0.337 e. The third-order valence-electron chi connectivity index (χ3n) is 3.00. The molecule has 1 aromatic heterocycles. The number of fused-ring (bicyclic) bond motifs is 1. The van der Waals surface area contributed by atoms with E-state index < -0.39 is 0 Å². The summed E-state index contributed by atoms with van der Waals surface area (Å²) >= 11 is 0. The van der Waals surface area contributed by atoms with E-state index in [0.717, 1.165) is 4.57 Å². The number of rotatable bonds is 2. The van der Waals surface area contributed by atoms with E-state index >= 15 is 0 Å². The van der Waals surface area contributed by atoms with Crippen LogP contribution in [0.15, 0.2) is 21.7 Å². The molecule has 6 heteroatoms. The van der Waals surface area contributed by atoms with Crippen LogP contribution < -0.4 is 21.0 Å². The van der Waals surface area contributed by atoms with Gasteiger partial charge in [-0.2, -0.15) is 0 Å². The summed E-state index contributed by atoms with van der Waals surface area (Å²) in [6.07, 6.45) is 3.86. The molecule has 96 valence electrons. The van der Waals surface area contributed by atoms with Gasteiger partial charge in [-0.15, -0.1) is 0 Å². The molecule has 0 spiro atoms. The van der Waals surface area contributed by atoms with Gasteiger partial charge in [0.1, 0.15) is 11.5 Å². The van der Waals surface area contributed by atoms with Gasteiger partial charge in [-0.05, 0) is 6.92 Å². The molecule has 0 atom stereocenters. The Labute approximate surface area is 105 Å². The summed E-state index contributed by atoms with van der Waals surface area (Å²) in [6.45, 7) is 5.53. The highest BCUT2D eigenvalue weighted by atomic mass is 16.2. The summed E-state index contributed by atoms with van der Waals surface area (Å²) in [6, 6.07) is 0. The van der Waals surface area contributed by atoms with E-state index in [9.17, 15) is 9.59 Å². The number of hydrogen-bond donors (Lipinski definition) is 0. The second kappa shape index (κ2) is 4.36. The second-order valence-corrected chi connectivity index (χ2v) is 4.22. The third kappa shape index (κ3) is 1.64. The molecule has 0 aromatic carbocycles. The second-order valence-electron chi connectivity index (χ2n) is 4.22. The molecule has 0 N–H and O–H groups in total. The zero-order valence-corrected chi connectivity index (χ0v) is 11.0. The van der Waals surface area contributed by atoms with Gasteiger partial charge in [-0.1, -0.05) is 12.2 Å². The van der Waals surface area contributed by atoms with Crippen molar-refractivity contribution in [1.82, 2.24) is 9.13 Å². The summed E-state index contributed by atoms with van der Waals surface area (Å²) in [7, 11) is 4.89. The van der Waals surface area contributed by atoms with Crippen molar-refractivity contribution in [3.8, 4) is 0 Å². The Morgan fingerprint density at radius 3 is 2.44 bits per heavy atom. The molecule has 0 saturated carbocycles. The van der Waals surface area contributed by atoms with Crippen molar-refractivity contribution >= 4 is 11.5 Å². The van der Waals surface area contributed by atoms with E-state index in [0.29, 0.717) is 18.1 Å². The first-order valence-corrected chi connectivity index (χ1v) is 5.67. The molecule has 1 aromatic rings. The van der Waals surface area contributed by atoms with Gasteiger partial charge < -0.3 is 9.80 Å². The SMILES string of the molecule is C/C=C/CN1[C]N(C)c2c1n(C)c(=O)n(C)c2=O. The fraction of sp³-hybridized carbons (Fsp3) is 0.417. The van der Waals surface area contributed by atoms with Gasteiger partial charge in [0.25, 0.3) is 5.56 Å². The molecular formula is C12H16N4O2. The third-order valence-corrected chi connectivity index (χ3v) is 3.00. The lowest BCUT2D eigenvalue weighted by molar-refractivity contribution is 0.688. The van der Waals surface area contributed by atoms with Crippen LogP contribution in [0.25, 0.3) is 0 Å². The summed E-state index contributed by atoms with van der Waals surface area (Å²) < 4.78 is 2.58. The maximum Gasteiger partial charge on any atom is 0.332 e. The van der Waals surface area contributed by atoms with Gasteiger partial charge in [0, 0.05) is 27.7 Å². The predicted molar refractivity (Wildman–Crippen MR) is 70.7 cm³/mol. The van der Waals surface area contributed by atoms with Crippen LogP contribution >= 0.6 is 0 Å². The lowest BCUT2D eigenvalue weighted by Gasteiger charge is -2.17. The molecule has 0 aliphatic carbocycles. The average Bonchev–Trinajstić information content (AvgIpc) is 2.68. The zero-order valence-electron chi connectivity index (χ0n) is 11.0. The molecule has 2 radical (unpaired) electrons. The van der Waals surface area contributed by atoms with Crippen LogP contribution in [0.3, 0.4) is 0 Å². The van der Waals surface area contributed by atoms with Crippen molar-refractivity contribution in [2.45, 2.75) is 6.92 Å². The Kier molecular flexibility index (Phi) is 3.02. The molecule has 1 aliphatic rings. The van der Waals surface area contributed by atoms with E-state index in [-0.39, 0.29) is 11.2 Å². The molecule has 0 bridgehead atoms. The average molecular weight is 248 g/mol. The van der Waals surface area contributed by atoms with Gasteiger partial charge in [-0.25, -0.2) is 4.79 Å². The summed E-state index contributed by atoms with van der Waals surface area (Å²) in [5.41, 5.74) is -0.156. The Balaban J connectivity index is 2.67. The minimum absolute atomic E-state index is 0.300. The van der Waals surface area contributed by atoms with Gasteiger partial charge in [0.05, 0.1) is 0 Å². The highest BCUT2D eigenvalue weighted by molar-refractivity contribution is 5.74. The first kappa shape index (κ1) is 12.5. The fourth-order valence-electron chi connectivity index (χ4n) is 2.03. The Morgan fingerprint density at radius 2 is 1.83 bits per heavy atom. The maximum absolute atomic E-state index is 12.1. The molecule has 0 unspecified atom stereocenters. The molecule has 18 heavy (non-hydrogen) atoms. The van der Waals surface area contributed by atoms with Crippen LogP contribution in [0.4, 0.5) is 11.5 Å².